The van der Waals surface area contributed by atoms with Crippen LogP contribution in [0, 0.1) is 23.6 Å². The molecule has 9 nitrogen and oxygen atoms in total. The van der Waals surface area contributed by atoms with E-state index in [1.54, 1.807) is 12.3 Å². The smallest absolute Gasteiger partial charge is 0.308 e. The number of carboxylic acid groups (broad SMARTS) is 1. The second-order valence-corrected chi connectivity index (χ2v) is 10.6. The van der Waals surface area contributed by atoms with Gasteiger partial charge in [0.1, 0.15) is 23.0 Å². The number of rotatable bonds is 6. The summed E-state index contributed by atoms with van der Waals surface area (Å²) in [6.45, 7) is 0. The average molecular weight is 527 g/mol. The molecule has 0 saturated heterocycles. The fourth-order valence-electron chi connectivity index (χ4n) is 6.37. The van der Waals surface area contributed by atoms with E-state index in [4.69, 9.17) is 14.4 Å². The number of carbonyl (C=O) groups is 1. The van der Waals surface area contributed by atoms with Crippen molar-refractivity contribution in [1.82, 2.24) is 24.5 Å². The van der Waals surface area contributed by atoms with Gasteiger partial charge in [-0.25, -0.2) is 19.3 Å². The van der Waals surface area contributed by atoms with Crippen LogP contribution >= 0.6 is 0 Å². The first-order valence-electron chi connectivity index (χ1n) is 13.3. The quantitative estimate of drug-likeness (QED) is 0.252. The first kappa shape index (κ1) is 23.6. The molecule has 10 heteroatoms. The number of furan rings is 1. The zero-order valence-corrected chi connectivity index (χ0v) is 21.0. The molecule has 7 rings (SSSR count). The Morgan fingerprint density at radius 1 is 1.15 bits per heavy atom. The van der Waals surface area contributed by atoms with Crippen LogP contribution in [0.2, 0.25) is 0 Å². The lowest BCUT2D eigenvalue weighted by Gasteiger charge is -2.44. The van der Waals surface area contributed by atoms with E-state index in [1.165, 1.54) is 6.07 Å². The van der Waals surface area contributed by atoms with Crippen molar-refractivity contribution in [3.05, 3.63) is 67.0 Å². The fraction of sp³-hybridized carbons (Fsp3) is 0.310. The number of anilines is 1. The molecule has 5 heterocycles. The van der Waals surface area contributed by atoms with E-state index >= 15 is 0 Å². The van der Waals surface area contributed by atoms with E-state index in [1.807, 2.05) is 41.2 Å². The number of carboxylic acids is 1. The van der Waals surface area contributed by atoms with E-state index in [0.717, 1.165) is 31.9 Å². The topological polar surface area (TPSA) is 122 Å². The zero-order chi connectivity index (χ0) is 26.5. The molecule has 5 aromatic heterocycles. The third kappa shape index (κ3) is 4.35. The molecule has 2 aliphatic carbocycles. The van der Waals surface area contributed by atoms with Crippen LogP contribution in [0.15, 0.2) is 65.6 Å². The Hall–Kier alpha value is -4.47. The summed E-state index contributed by atoms with van der Waals surface area (Å²) in [7, 11) is 0. The van der Waals surface area contributed by atoms with Crippen molar-refractivity contribution < 1.29 is 18.7 Å². The number of hydrogen-bond acceptors (Lipinski definition) is 6. The Morgan fingerprint density at radius 2 is 2.03 bits per heavy atom. The molecular weight excluding hydrogens is 499 g/mol. The van der Waals surface area contributed by atoms with Crippen LogP contribution in [-0.4, -0.2) is 41.6 Å². The zero-order valence-electron chi connectivity index (χ0n) is 21.0. The van der Waals surface area contributed by atoms with Gasteiger partial charge in [-0.1, -0.05) is 12.8 Å². The molecule has 198 valence electrons. The number of nitrogens with zero attached hydrogens (tertiary/aromatic N) is 4. The maximum atomic E-state index is 14.1. The van der Waals surface area contributed by atoms with Crippen molar-refractivity contribution in [2.75, 3.05) is 5.32 Å². The summed E-state index contributed by atoms with van der Waals surface area (Å²) in [6, 6.07) is 10.5. The van der Waals surface area contributed by atoms with Gasteiger partial charge in [-0.05, 0) is 55.4 Å². The Balaban J connectivity index is 1.32. The third-order valence-corrected chi connectivity index (χ3v) is 8.15. The summed E-state index contributed by atoms with van der Waals surface area (Å²) in [4.78, 5) is 29.1. The highest BCUT2D eigenvalue weighted by Crippen LogP contribution is 2.44. The lowest BCUT2D eigenvalue weighted by atomic mass is 9.65. The number of hydrogen-bond donors (Lipinski definition) is 3. The summed E-state index contributed by atoms with van der Waals surface area (Å²) >= 11 is 0. The van der Waals surface area contributed by atoms with Gasteiger partial charge >= 0.3 is 5.97 Å². The molecule has 0 aromatic carbocycles. The standard InChI is InChI=1S/C29H27FN6O3/c30-18-12-19-21(15-32-27(19)31-14-18)28-33-22(23-6-7-25(39-23)36-8-1-2-9-36)13-24(35-28)34-26-17-5-3-4-16(10-17)11-20(26)29(37)38/h1-2,6-9,12-17,20,26H,3-5,10-11H2,(H,31,32)(H,37,38)(H,33,34,35). The Morgan fingerprint density at radius 3 is 2.87 bits per heavy atom. The number of aromatic amines is 1. The van der Waals surface area contributed by atoms with Crippen LogP contribution < -0.4 is 5.32 Å². The molecule has 0 aliphatic heterocycles. The SMILES string of the molecule is O=C(O)C1CC2CCCC(C2)C1Nc1cc(-c2ccc(-n3cccc3)o2)nc(-c2c[nH]c3ncc(F)cc23)n1. The van der Waals surface area contributed by atoms with Gasteiger partial charge in [-0.3, -0.25) is 9.36 Å². The van der Waals surface area contributed by atoms with Crippen LogP contribution in [0.1, 0.15) is 32.1 Å². The molecule has 0 radical (unpaired) electrons. The predicted molar refractivity (Wildman–Crippen MR) is 143 cm³/mol. The number of fused-ring (bicyclic) bond motifs is 3. The predicted octanol–water partition coefficient (Wildman–Crippen LogP) is 5.90. The van der Waals surface area contributed by atoms with Crippen molar-refractivity contribution in [2.24, 2.45) is 17.8 Å². The lowest BCUT2D eigenvalue weighted by molar-refractivity contribution is -0.145. The van der Waals surface area contributed by atoms with Gasteiger partial charge in [0, 0.05) is 47.7 Å². The van der Waals surface area contributed by atoms with Crippen LogP contribution in [0.25, 0.3) is 39.8 Å². The fourth-order valence-corrected chi connectivity index (χ4v) is 6.37. The van der Waals surface area contributed by atoms with E-state index in [0.29, 0.717) is 57.9 Å². The number of halogens is 1. The number of pyridine rings is 1. The van der Waals surface area contributed by atoms with Crippen LogP contribution in [-0.2, 0) is 4.79 Å². The number of H-pyrrole nitrogens is 1. The van der Waals surface area contributed by atoms with Crippen LogP contribution in [0.3, 0.4) is 0 Å². The molecule has 2 saturated carbocycles. The van der Waals surface area contributed by atoms with E-state index < -0.39 is 17.7 Å². The second kappa shape index (κ2) is 9.37. The van der Waals surface area contributed by atoms with Gasteiger partial charge in [0.2, 0.25) is 5.88 Å². The number of aromatic nitrogens is 5. The maximum absolute atomic E-state index is 14.1. The molecule has 4 atom stereocenters. The molecule has 39 heavy (non-hydrogen) atoms. The second-order valence-electron chi connectivity index (χ2n) is 10.6. The van der Waals surface area contributed by atoms with Crippen LogP contribution in [0.4, 0.5) is 10.2 Å². The first-order chi connectivity index (χ1) is 19.0. The molecule has 0 spiro atoms. The molecule has 0 amide bonds. The number of nitrogens with one attached hydrogen (secondary N) is 2. The maximum Gasteiger partial charge on any atom is 0.308 e. The van der Waals surface area contributed by atoms with Crippen molar-refractivity contribution in [3.63, 3.8) is 0 Å². The van der Waals surface area contributed by atoms with Gasteiger partial charge in [-0.15, -0.1) is 0 Å². The molecule has 2 fully saturated rings. The Labute approximate surface area is 223 Å². The normalized spacial score (nSPS) is 22.7. The largest absolute Gasteiger partial charge is 0.481 e. The van der Waals surface area contributed by atoms with Gasteiger partial charge in [0.25, 0.3) is 0 Å². The van der Waals surface area contributed by atoms with E-state index in [9.17, 15) is 14.3 Å². The molecule has 3 N–H and O–H groups in total. The van der Waals surface area contributed by atoms with E-state index in [-0.39, 0.29) is 12.0 Å². The third-order valence-electron chi connectivity index (χ3n) is 8.15. The summed E-state index contributed by atoms with van der Waals surface area (Å²) in [5.74, 6) is 1.02. The summed E-state index contributed by atoms with van der Waals surface area (Å²) in [5, 5.41) is 14.1. The van der Waals surface area contributed by atoms with Crippen LogP contribution in [0.5, 0.6) is 0 Å². The Kier molecular flexibility index (Phi) is 5.68. The monoisotopic (exact) mass is 526 g/mol. The van der Waals surface area contributed by atoms with Gasteiger partial charge < -0.3 is 19.8 Å². The highest BCUT2D eigenvalue weighted by molar-refractivity contribution is 5.92. The molecule has 5 aromatic rings. The minimum atomic E-state index is -0.779. The van der Waals surface area contributed by atoms with E-state index in [2.05, 4.69) is 15.3 Å². The van der Waals surface area contributed by atoms with Gasteiger partial charge in [0.05, 0.1) is 12.1 Å². The minimum absolute atomic E-state index is 0.247. The highest BCUT2D eigenvalue weighted by atomic mass is 19.1. The summed E-state index contributed by atoms with van der Waals surface area (Å²) in [5.41, 5.74) is 1.65. The van der Waals surface area contributed by atoms with Gasteiger partial charge in [0.15, 0.2) is 11.6 Å². The molecule has 2 bridgehead atoms. The van der Waals surface area contributed by atoms with Crippen molar-refractivity contribution >= 4 is 22.8 Å². The van der Waals surface area contributed by atoms with Crippen molar-refractivity contribution in [2.45, 2.75) is 38.1 Å². The number of aliphatic carboxylic acids is 1. The highest BCUT2D eigenvalue weighted by Gasteiger charge is 2.43. The minimum Gasteiger partial charge on any atom is -0.481 e. The van der Waals surface area contributed by atoms with Crippen molar-refractivity contribution in [3.8, 4) is 28.7 Å². The lowest BCUT2D eigenvalue weighted by Crippen LogP contribution is -2.47. The molecule has 4 unspecified atom stereocenters. The first-order valence-corrected chi connectivity index (χ1v) is 13.3. The molecular formula is C29H27FN6O3. The Bertz CT molecular complexity index is 1660. The van der Waals surface area contributed by atoms with Crippen molar-refractivity contribution in [1.29, 1.82) is 0 Å². The molecule has 2 aliphatic rings. The summed E-state index contributed by atoms with van der Waals surface area (Å²) < 4.78 is 22.1. The van der Waals surface area contributed by atoms with Gasteiger partial charge in [-0.2, -0.15) is 0 Å². The summed E-state index contributed by atoms with van der Waals surface area (Å²) in [6.07, 6.45) is 11.5. The average Bonchev–Trinajstić information content (AvgIpc) is 3.70.